The molecule has 0 saturated carbocycles. The smallest absolute Gasteiger partial charge is 0.306 e. The second-order valence-electron chi connectivity index (χ2n) is 4.06. The summed E-state index contributed by atoms with van der Waals surface area (Å²) >= 11 is 3.39. The van der Waals surface area contributed by atoms with E-state index in [9.17, 15) is 9.90 Å². The summed E-state index contributed by atoms with van der Waals surface area (Å²) in [5.41, 5.74) is 2.06. The molecule has 0 amide bonds. The number of carbonyl (C=O) groups is 1. The zero-order valence-corrected chi connectivity index (χ0v) is 11.4. The fourth-order valence-corrected chi connectivity index (χ4v) is 2.02. The largest absolute Gasteiger partial charge is 0.481 e. The van der Waals surface area contributed by atoms with E-state index in [-0.39, 0.29) is 6.42 Å². The van der Waals surface area contributed by atoms with Crippen LogP contribution < -0.4 is 4.90 Å². The van der Waals surface area contributed by atoms with Crippen LogP contribution in [0.25, 0.3) is 0 Å². The standard InChI is InChI=1S/C12H16BrNO3/c1-8-3-4-9(13)5-11(8)14(2)7-10(15)6-12(16)17/h3-5,10,15H,6-7H2,1-2H3,(H,16,17). The van der Waals surface area contributed by atoms with Gasteiger partial charge in [-0.15, -0.1) is 0 Å². The van der Waals surface area contributed by atoms with Crippen molar-refractivity contribution in [2.75, 3.05) is 18.5 Å². The lowest BCUT2D eigenvalue weighted by atomic mass is 10.1. The van der Waals surface area contributed by atoms with Crippen LogP contribution in [0.2, 0.25) is 0 Å². The average Bonchev–Trinajstić information content (AvgIpc) is 2.20. The van der Waals surface area contributed by atoms with Crippen molar-refractivity contribution in [1.82, 2.24) is 0 Å². The molecule has 1 atom stereocenters. The van der Waals surface area contributed by atoms with Gasteiger partial charge in [0.25, 0.3) is 0 Å². The summed E-state index contributed by atoms with van der Waals surface area (Å²) in [6.07, 6.45) is -1.10. The van der Waals surface area contributed by atoms with Crippen LogP contribution in [0.1, 0.15) is 12.0 Å². The Hall–Kier alpha value is -1.07. The Labute approximate surface area is 109 Å². The van der Waals surface area contributed by atoms with Gasteiger partial charge in [0.15, 0.2) is 0 Å². The summed E-state index contributed by atoms with van der Waals surface area (Å²) in [7, 11) is 1.83. The average molecular weight is 302 g/mol. The van der Waals surface area contributed by atoms with Gasteiger partial charge in [0, 0.05) is 23.8 Å². The predicted molar refractivity (Wildman–Crippen MR) is 70.4 cm³/mol. The number of carboxylic acid groups (broad SMARTS) is 1. The SMILES string of the molecule is Cc1ccc(Br)cc1N(C)CC(O)CC(=O)O. The highest BCUT2D eigenvalue weighted by molar-refractivity contribution is 9.10. The zero-order chi connectivity index (χ0) is 13.0. The van der Waals surface area contributed by atoms with Crippen molar-refractivity contribution in [3.63, 3.8) is 0 Å². The molecule has 1 aromatic carbocycles. The van der Waals surface area contributed by atoms with Crippen LogP contribution in [-0.2, 0) is 4.79 Å². The molecule has 0 heterocycles. The van der Waals surface area contributed by atoms with Gasteiger partial charge < -0.3 is 15.1 Å². The molecule has 5 heteroatoms. The monoisotopic (exact) mass is 301 g/mol. The number of aryl methyl sites for hydroxylation is 1. The van der Waals surface area contributed by atoms with Gasteiger partial charge in [-0.1, -0.05) is 22.0 Å². The number of anilines is 1. The molecule has 2 N–H and O–H groups in total. The van der Waals surface area contributed by atoms with Crippen molar-refractivity contribution in [2.45, 2.75) is 19.4 Å². The maximum absolute atomic E-state index is 10.5. The van der Waals surface area contributed by atoms with Crippen molar-refractivity contribution in [1.29, 1.82) is 0 Å². The van der Waals surface area contributed by atoms with Gasteiger partial charge >= 0.3 is 5.97 Å². The third kappa shape index (κ3) is 4.36. The van der Waals surface area contributed by atoms with Crippen LogP contribution in [0.3, 0.4) is 0 Å². The number of aliphatic hydroxyl groups excluding tert-OH is 1. The van der Waals surface area contributed by atoms with E-state index < -0.39 is 12.1 Å². The second-order valence-corrected chi connectivity index (χ2v) is 4.98. The molecule has 94 valence electrons. The first-order valence-electron chi connectivity index (χ1n) is 5.27. The van der Waals surface area contributed by atoms with E-state index >= 15 is 0 Å². The first-order chi connectivity index (χ1) is 7.90. The Morgan fingerprint density at radius 2 is 2.18 bits per heavy atom. The van der Waals surface area contributed by atoms with Crippen molar-refractivity contribution < 1.29 is 15.0 Å². The third-order valence-electron chi connectivity index (χ3n) is 2.48. The van der Waals surface area contributed by atoms with Crippen LogP contribution in [0.5, 0.6) is 0 Å². The van der Waals surface area contributed by atoms with E-state index in [1.165, 1.54) is 0 Å². The van der Waals surface area contributed by atoms with Crippen LogP contribution in [-0.4, -0.2) is 35.9 Å². The van der Waals surface area contributed by atoms with Crippen LogP contribution >= 0.6 is 15.9 Å². The molecule has 1 aromatic rings. The minimum absolute atomic E-state index is 0.239. The topological polar surface area (TPSA) is 60.8 Å². The van der Waals surface area contributed by atoms with Gasteiger partial charge in [-0.2, -0.15) is 0 Å². The molecule has 4 nitrogen and oxygen atoms in total. The normalized spacial score (nSPS) is 12.2. The summed E-state index contributed by atoms with van der Waals surface area (Å²) < 4.78 is 0.956. The molecular weight excluding hydrogens is 286 g/mol. The molecular formula is C12H16BrNO3. The lowest BCUT2D eigenvalue weighted by Gasteiger charge is -2.24. The molecule has 0 saturated heterocycles. The van der Waals surface area contributed by atoms with E-state index in [2.05, 4.69) is 15.9 Å². The fraction of sp³-hybridized carbons (Fsp3) is 0.417. The predicted octanol–water partition coefficient (Wildman–Crippen LogP) is 2.03. The van der Waals surface area contributed by atoms with Gasteiger partial charge in [-0.05, 0) is 24.6 Å². The summed E-state index contributed by atoms with van der Waals surface area (Å²) in [5, 5.41) is 18.2. The number of benzene rings is 1. The zero-order valence-electron chi connectivity index (χ0n) is 9.85. The quantitative estimate of drug-likeness (QED) is 0.873. The van der Waals surface area contributed by atoms with Crippen LogP contribution in [0.15, 0.2) is 22.7 Å². The fourth-order valence-electron chi connectivity index (χ4n) is 1.67. The molecule has 0 fully saturated rings. The molecule has 0 aromatic heterocycles. The Kier molecular flexibility index (Phi) is 4.96. The highest BCUT2D eigenvalue weighted by atomic mass is 79.9. The molecule has 0 bridgehead atoms. The highest BCUT2D eigenvalue weighted by Crippen LogP contribution is 2.23. The first-order valence-corrected chi connectivity index (χ1v) is 6.06. The maximum Gasteiger partial charge on any atom is 0.306 e. The number of hydrogen-bond acceptors (Lipinski definition) is 3. The number of aliphatic hydroxyl groups is 1. The lowest BCUT2D eigenvalue weighted by molar-refractivity contribution is -0.139. The lowest BCUT2D eigenvalue weighted by Crippen LogP contribution is -2.31. The summed E-state index contributed by atoms with van der Waals surface area (Å²) in [6.45, 7) is 2.27. The number of likely N-dealkylation sites (N-methyl/N-ethyl adjacent to an activating group) is 1. The Bertz CT molecular complexity index is 409. The number of carboxylic acids is 1. The van der Waals surface area contributed by atoms with Crippen LogP contribution in [0.4, 0.5) is 5.69 Å². The molecule has 0 aliphatic rings. The van der Waals surface area contributed by atoms with E-state index in [4.69, 9.17) is 5.11 Å². The molecule has 0 aliphatic carbocycles. The number of aliphatic carboxylic acids is 1. The van der Waals surface area contributed by atoms with E-state index in [0.717, 1.165) is 15.7 Å². The van der Waals surface area contributed by atoms with Crippen molar-refractivity contribution in [3.8, 4) is 0 Å². The summed E-state index contributed by atoms with van der Waals surface area (Å²) in [5.74, 6) is -0.989. The Morgan fingerprint density at radius 3 is 2.76 bits per heavy atom. The van der Waals surface area contributed by atoms with E-state index in [0.29, 0.717) is 6.54 Å². The summed E-state index contributed by atoms with van der Waals surface area (Å²) in [4.78, 5) is 12.3. The minimum Gasteiger partial charge on any atom is -0.481 e. The molecule has 0 radical (unpaired) electrons. The van der Waals surface area contributed by atoms with Crippen molar-refractivity contribution in [3.05, 3.63) is 28.2 Å². The molecule has 1 unspecified atom stereocenters. The molecule has 17 heavy (non-hydrogen) atoms. The number of nitrogens with zero attached hydrogens (tertiary/aromatic N) is 1. The van der Waals surface area contributed by atoms with Gasteiger partial charge in [0.1, 0.15) is 0 Å². The maximum atomic E-state index is 10.5. The highest BCUT2D eigenvalue weighted by Gasteiger charge is 2.13. The first kappa shape index (κ1) is 14.0. The van der Waals surface area contributed by atoms with E-state index in [1.54, 1.807) is 0 Å². The molecule has 0 aliphatic heterocycles. The van der Waals surface area contributed by atoms with Gasteiger partial charge in [-0.3, -0.25) is 4.79 Å². The van der Waals surface area contributed by atoms with Crippen molar-refractivity contribution in [2.24, 2.45) is 0 Å². The number of rotatable bonds is 5. The molecule has 1 rings (SSSR count). The third-order valence-corrected chi connectivity index (χ3v) is 2.97. The van der Waals surface area contributed by atoms with E-state index in [1.807, 2.05) is 37.1 Å². The summed E-state index contributed by atoms with van der Waals surface area (Å²) in [6, 6.07) is 5.86. The number of hydrogen-bond donors (Lipinski definition) is 2. The Morgan fingerprint density at radius 1 is 1.53 bits per heavy atom. The Balaban J connectivity index is 2.72. The van der Waals surface area contributed by atoms with Gasteiger partial charge in [0.2, 0.25) is 0 Å². The number of halogens is 1. The van der Waals surface area contributed by atoms with Crippen LogP contribution in [0, 0.1) is 6.92 Å². The minimum atomic E-state index is -0.989. The van der Waals surface area contributed by atoms with Gasteiger partial charge in [-0.25, -0.2) is 0 Å². The molecule has 0 spiro atoms. The van der Waals surface area contributed by atoms with Crippen molar-refractivity contribution >= 4 is 27.6 Å². The second kappa shape index (κ2) is 6.02. The van der Waals surface area contributed by atoms with Gasteiger partial charge in [0.05, 0.1) is 12.5 Å².